The molecule has 68 valence electrons. The average molecular weight is 159 g/mol. The Morgan fingerprint density at radius 1 is 1.09 bits per heavy atom. The second-order valence-corrected chi connectivity index (χ2v) is 3.16. The fraction of sp³-hybridized carbons (Fsp3) is 1.00. The molecule has 6 N–H and O–H groups in total. The van der Waals surface area contributed by atoms with E-state index in [1.165, 1.54) is 6.42 Å². The third-order valence-corrected chi connectivity index (χ3v) is 1.92. The molecule has 0 aliphatic carbocycles. The van der Waals surface area contributed by atoms with Crippen molar-refractivity contribution in [2.24, 2.45) is 17.2 Å². The molecular formula is C8H21N3. The Morgan fingerprint density at radius 2 is 1.73 bits per heavy atom. The minimum absolute atomic E-state index is 0.118. The molecule has 0 fully saturated rings. The van der Waals surface area contributed by atoms with E-state index in [4.69, 9.17) is 17.2 Å². The summed E-state index contributed by atoms with van der Waals surface area (Å²) < 4.78 is 0. The molecule has 0 spiro atoms. The largest absolute Gasteiger partial charge is 0.330 e. The maximum Gasteiger partial charge on any atom is 0.0189 e. The highest BCUT2D eigenvalue weighted by molar-refractivity contribution is 4.70. The van der Waals surface area contributed by atoms with Gasteiger partial charge in [0, 0.05) is 12.1 Å². The van der Waals surface area contributed by atoms with E-state index in [0.717, 1.165) is 25.8 Å². The molecule has 0 radical (unpaired) electrons. The number of nitrogens with two attached hydrogens (primary N) is 3. The quantitative estimate of drug-likeness (QED) is 0.484. The Balaban J connectivity index is 3.10. The molecule has 3 nitrogen and oxygen atoms in total. The molecular weight excluding hydrogens is 138 g/mol. The van der Waals surface area contributed by atoms with E-state index in [2.05, 4.69) is 0 Å². The van der Waals surface area contributed by atoms with Crippen molar-refractivity contribution in [2.75, 3.05) is 6.54 Å². The summed E-state index contributed by atoms with van der Waals surface area (Å²) in [6.45, 7) is 2.74. The molecule has 0 aromatic heterocycles. The van der Waals surface area contributed by atoms with Crippen LogP contribution >= 0.6 is 0 Å². The van der Waals surface area contributed by atoms with Crippen LogP contribution in [-0.4, -0.2) is 18.6 Å². The van der Waals surface area contributed by atoms with Gasteiger partial charge in [-0.05, 0) is 26.3 Å². The second kappa shape index (κ2) is 6.58. The molecule has 3 heteroatoms. The van der Waals surface area contributed by atoms with Gasteiger partial charge in [-0.25, -0.2) is 0 Å². The van der Waals surface area contributed by atoms with E-state index in [1.54, 1.807) is 0 Å². The summed E-state index contributed by atoms with van der Waals surface area (Å²) in [5.41, 5.74) is 16.7. The van der Waals surface area contributed by atoms with Crippen LogP contribution < -0.4 is 17.2 Å². The minimum Gasteiger partial charge on any atom is -0.330 e. The zero-order chi connectivity index (χ0) is 8.69. The average Bonchev–Trinajstić information content (AvgIpc) is 1.97. The molecule has 0 saturated carbocycles. The van der Waals surface area contributed by atoms with Crippen molar-refractivity contribution in [2.45, 2.75) is 44.7 Å². The van der Waals surface area contributed by atoms with Crippen LogP contribution in [0.3, 0.4) is 0 Å². The van der Waals surface area contributed by atoms with E-state index in [9.17, 15) is 0 Å². The lowest BCUT2D eigenvalue weighted by Gasteiger charge is -2.14. The van der Waals surface area contributed by atoms with Gasteiger partial charge in [0.15, 0.2) is 0 Å². The monoisotopic (exact) mass is 159 g/mol. The summed E-state index contributed by atoms with van der Waals surface area (Å²) in [5, 5.41) is 0. The van der Waals surface area contributed by atoms with Gasteiger partial charge in [0.2, 0.25) is 0 Å². The van der Waals surface area contributed by atoms with Crippen LogP contribution in [0.25, 0.3) is 0 Å². The first kappa shape index (κ1) is 10.9. The first-order chi connectivity index (χ1) is 5.18. The van der Waals surface area contributed by atoms with E-state index in [-0.39, 0.29) is 12.1 Å². The Kier molecular flexibility index (Phi) is 6.51. The van der Waals surface area contributed by atoms with Crippen molar-refractivity contribution in [3.8, 4) is 0 Å². The summed E-state index contributed by atoms with van der Waals surface area (Å²) >= 11 is 0. The Labute approximate surface area is 69.3 Å². The van der Waals surface area contributed by atoms with Gasteiger partial charge in [-0.3, -0.25) is 0 Å². The Hall–Kier alpha value is -0.120. The van der Waals surface area contributed by atoms with Crippen LogP contribution in [0.1, 0.15) is 32.6 Å². The van der Waals surface area contributed by atoms with E-state index in [0.29, 0.717) is 0 Å². The molecule has 2 atom stereocenters. The molecule has 11 heavy (non-hydrogen) atoms. The standard InChI is InChI=1S/C8H21N3/c1-7(10)8(11)5-3-2-4-6-9/h7-8H,2-6,9-11H2,1H3. The van der Waals surface area contributed by atoms with E-state index in [1.807, 2.05) is 6.92 Å². The summed E-state index contributed by atoms with van der Waals surface area (Å²) in [6, 6.07) is 0.278. The number of rotatable bonds is 6. The Morgan fingerprint density at radius 3 is 2.18 bits per heavy atom. The van der Waals surface area contributed by atoms with Crippen molar-refractivity contribution in [1.29, 1.82) is 0 Å². The first-order valence-corrected chi connectivity index (χ1v) is 4.39. The van der Waals surface area contributed by atoms with E-state index < -0.39 is 0 Å². The molecule has 0 rings (SSSR count). The highest BCUT2D eigenvalue weighted by Crippen LogP contribution is 2.02. The van der Waals surface area contributed by atoms with Crippen molar-refractivity contribution in [3.63, 3.8) is 0 Å². The van der Waals surface area contributed by atoms with Gasteiger partial charge in [0.1, 0.15) is 0 Å². The minimum atomic E-state index is 0.118. The lowest BCUT2D eigenvalue weighted by atomic mass is 10.0. The summed E-state index contributed by atoms with van der Waals surface area (Å²) in [5.74, 6) is 0. The normalized spacial score (nSPS) is 16.4. The second-order valence-electron chi connectivity index (χ2n) is 3.16. The maximum atomic E-state index is 5.74. The Bertz CT molecular complexity index is 83.4. The summed E-state index contributed by atoms with van der Waals surface area (Å²) in [4.78, 5) is 0. The fourth-order valence-electron chi connectivity index (χ4n) is 0.964. The van der Waals surface area contributed by atoms with Crippen LogP contribution in [0.2, 0.25) is 0 Å². The smallest absolute Gasteiger partial charge is 0.0189 e. The van der Waals surface area contributed by atoms with Gasteiger partial charge in [0.05, 0.1) is 0 Å². The van der Waals surface area contributed by atoms with Crippen LogP contribution in [-0.2, 0) is 0 Å². The molecule has 0 aliphatic heterocycles. The predicted molar refractivity (Wildman–Crippen MR) is 49.1 cm³/mol. The van der Waals surface area contributed by atoms with Crippen molar-refractivity contribution in [3.05, 3.63) is 0 Å². The molecule has 0 bridgehead atoms. The van der Waals surface area contributed by atoms with Crippen LogP contribution in [0, 0.1) is 0 Å². The number of hydrogen-bond donors (Lipinski definition) is 3. The lowest BCUT2D eigenvalue weighted by Crippen LogP contribution is -2.38. The number of hydrogen-bond acceptors (Lipinski definition) is 3. The third-order valence-electron chi connectivity index (χ3n) is 1.92. The SMILES string of the molecule is CC(N)C(N)CCCCCN. The van der Waals surface area contributed by atoms with Gasteiger partial charge in [0.25, 0.3) is 0 Å². The van der Waals surface area contributed by atoms with Crippen LogP contribution in [0.5, 0.6) is 0 Å². The highest BCUT2D eigenvalue weighted by Gasteiger charge is 2.05. The van der Waals surface area contributed by atoms with Gasteiger partial charge in [-0.2, -0.15) is 0 Å². The summed E-state index contributed by atoms with van der Waals surface area (Å²) in [6.07, 6.45) is 4.46. The number of unbranched alkanes of at least 4 members (excludes halogenated alkanes) is 2. The zero-order valence-corrected chi connectivity index (χ0v) is 7.42. The first-order valence-electron chi connectivity index (χ1n) is 4.39. The fourth-order valence-corrected chi connectivity index (χ4v) is 0.964. The van der Waals surface area contributed by atoms with Crippen LogP contribution in [0.4, 0.5) is 0 Å². The van der Waals surface area contributed by atoms with Gasteiger partial charge >= 0.3 is 0 Å². The molecule has 2 unspecified atom stereocenters. The lowest BCUT2D eigenvalue weighted by molar-refractivity contribution is 0.492. The molecule has 0 aliphatic rings. The highest BCUT2D eigenvalue weighted by atomic mass is 14.8. The molecule has 0 aromatic rings. The van der Waals surface area contributed by atoms with E-state index >= 15 is 0 Å². The molecule has 0 amide bonds. The van der Waals surface area contributed by atoms with Crippen LogP contribution in [0.15, 0.2) is 0 Å². The van der Waals surface area contributed by atoms with Gasteiger partial charge < -0.3 is 17.2 Å². The third kappa shape index (κ3) is 6.28. The topological polar surface area (TPSA) is 78.1 Å². The van der Waals surface area contributed by atoms with Crippen molar-refractivity contribution >= 4 is 0 Å². The molecule has 0 heterocycles. The summed E-state index contributed by atoms with van der Waals surface area (Å²) in [7, 11) is 0. The molecule has 0 saturated heterocycles. The predicted octanol–water partition coefficient (Wildman–Crippen LogP) is 0.180. The van der Waals surface area contributed by atoms with Crippen molar-refractivity contribution < 1.29 is 0 Å². The van der Waals surface area contributed by atoms with Crippen molar-refractivity contribution in [1.82, 2.24) is 0 Å². The maximum absolute atomic E-state index is 5.74. The van der Waals surface area contributed by atoms with Gasteiger partial charge in [-0.1, -0.05) is 12.8 Å². The zero-order valence-electron chi connectivity index (χ0n) is 7.42. The molecule has 0 aromatic carbocycles. The van der Waals surface area contributed by atoms with Gasteiger partial charge in [-0.15, -0.1) is 0 Å².